The first-order valence-electron chi connectivity index (χ1n) is 9.46. The monoisotopic (exact) mass is 351 g/mol. The molecule has 2 aromatic heterocycles. The highest BCUT2D eigenvalue weighted by atomic mass is 15.6. The van der Waals surface area contributed by atoms with Gasteiger partial charge in [0.15, 0.2) is 0 Å². The molecule has 0 spiro atoms. The second-order valence-corrected chi connectivity index (χ2v) is 6.82. The Morgan fingerprint density at radius 1 is 1.12 bits per heavy atom. The summed E-state index contributed by atoms with van der Waals surface area (Å²) in [6.45, 7) is 5.18. The molecule has 4 rings (SSSR count). The maximum atomic E-state index is 4.64. The highest BCUT2D eigenvalue weighted by molar-refractivity contribution is 5.40. The lowest BCUT2D eigenvalue weighted by Crippen LogP contribution is -2.35. The van der Waals surface area contributed by atoms with Gasteiger partial charge in [-0.1, -0.05) is 36.6 Å². The van der Waals surface area contributed by atoms with E-state index in [4.69, 9.17) is 0 Å². The highest BCUT2D eigenvalue weighted by Crippen LogP contribution is 2.29. The van der Waals surface area contributed by atoms with Crippen LogP contribution in [0.15, 0.2) is 42.7 Å². The molecule has 3 aromatic rings. The summed E-state index contributed by atoms with van der Waals surface area (Å²) in [5.74, 6) is 2.57. The van der Waals surface area contributed by atoms with Gasteiger partial charge in [-0.15, -0.1) is 0 Å². The van der Waals surface area contributed by atoms with Gasteiger partial charge in [0.05, 0.1) is 5.69 Å². The number of aromatic nitrogens is 6. The van der Waals surface area contributed by atoms with Crippen LogP contribution in [0.25, 0.3) is 5.69 Å². The van der Waals surface area contributed by atoms with E-state index in [9.17, 15) is 0 Å². The number of hydrogen-bond acceptors (Lipinski definition) is 5. The zero-order valence-corrected chi connectivity index (χ0v) is 15.2. The van der Waals surface area contributed by atoms with Crippen molar-refractivity contribution in [2.45, 2.75) is 45.1 Å². The van der Waals surface area contributed by atoms with Gasteiger partial charge >= 0.3 is 0 Å². The maximum absolute atomic E-state index is 4.64. The number of piperidine rings is 1. The molecule has 0 atom stereocenters. The minimum atomic E-state index is 0.513. The number of nitrogens with zero attached hydrogens (tertiary/aromatic N) is 7. The summed E-state index contributed by atoms with van der Waals surface area (Å²) >= 11 is 0. The van der Waals surface area contributed by atoms with E-state index in [0.717, 1.165) is 44.1 Å². The third-order valence-electron chi connectivity index (χ3n) is 5.10. The third-order valence-corrected chi connectivity index (χ3v) is 5.10. The number of tetrazole rings is 1. The zero-order valence-electron chi connectivity index (χ0n) is 15.2. The van der Waals surface area contributed by atoms with Gasteiger partial charge in [0.25, 0.3) is 0 Å². The molecule has 7 nitrogen and oxygen atoms in total. The lowest BCUT2D eigenvalue weighted by Gasteiger charge is -2.32. The molecule has 3 heterocycles. The van der Waals surface area contributed by atoms with Gasteiger partial charge in [-0.3, -0.25) is 0 Å². The quantitative estimate of drug-likeness (QED) is 0.683. The van der Waals surface area contributed by atoms with Crippen LogP contribution in [0.5, 0.6) is 0 Å². The second-order valence-electron chi connectivity index (χ2n) is 6.82. The van der Waals surface area contributed by atoms with Gasteiger partial charge in [-0.25, -0.2) is 4.98 Å². The molecule has 7 heteroatoms. The van der Waals surface area contributed by atoms with E-state index < -0.39 is 0 Å². The smallest absolute Gasteiger partial charge is 0.250 e. The lowest BCUT2D eigenvalue weighted by atomic mass is 9.96. The summed E-state index contributed by atoms with van der Waals surface area (Å²) in [5, 5.41) is 12.3. The Kier molecular flexibility index (Phi) is 4.95. The van der Waals surface area contributed by atoms with E-state index in [1.807, 2.05) is 41.2 Å². The molecule has 1 aliphatic heterocycles. The summed E-state index contributed by atoms with van der Waals surface area (Å²) in [6.07, 6.45) is 8.61. The number of rotatable bonds is 6. The van der Waals surface area contributed by atoms with Gasteiger partial charge in [0, 0.05) is 37.9 Å². The van der Waals surface area contributed by atoms with Crippen LogP contribution in [-0.2, 0) is 6.54 Å². The van der Waals surface area contributed by atoms with Crippen LogP contribution in [0.2, 0.25) is 0 Å². The first-order chi connectivity index (χ1) is 12.9. The summed E-state index contributed by atoms with van der Waals surface area (Å²) in [6, 6.07) is 10.1. The van der Waals surface area contributed by atoms with Crippen molar-refractivity contribution in [1.82, 2.24) is 29.8 Å². The van der Waals surface area contributed by atoms with Crippen molar-refractivity contribution in [3.8, 4) is 5.69 Å². The minimum Gasteiger partial charge on any atom is -0.339 e. The van der Waals surface area contributed by atoms with Gasteiger partial charge in [0.1, 0.15) is 5.82 Å². The fourth-order valence-corrected chi connectivity index (χ4v) is 3.65. The van der Waals surface area contributed by atoms with Crippen LogP contribution >= 0.6 is 0 Å². The van der Waals surface area contributed by atoms with E-state index >= 15 is 0 Å². The third kappa shape index (κ3) is 3.34. The van der Waals surface area contributed by atoms with E-state index in [1.165, 1.54) is 18.7 Å². The minimum absolute atomic E-state index is 0.513. The van der Waals surface area contributed by atoms with Crippen molar-refractivity contribution in [3.63, 3.8) is 0 Å². The van der Waals surface area contributed by atoms with Gasteiger partial charge in [0.2, 0.25) is 5.95 Å². The molecule has 0 radical (unpaired) electrons. The van der Waals surface area contributed by atoms with E-state index in [2.05, 4.69) is 43.1 Å². The van der Waals surface area contributed by atoms with E-state index in [-0.39, 0.29) is 0 Å². The predicted molar refractivity (Wildman–Crippen MR) is 100 cm³/mol. The van der Waals surface area contributed by atoms with E-state index in [0.29, 0.717) is 5.92 Å². The number of unbranched alkanes of at least 4 members (excludes halogenated alkanes) is 1. The molecule has 26 heavy (non-hydrogen) atoms. The van der Waals surface area contributed by atoms with Crippen molar-refractivity contribution < 1.29 is 0 Å². The van der Waals surface area contributed by atoms with Gasteiger partial charge in [-0.05, 0) is 41.8 Å². The summed E-state index contributed by atoms with van der Waals surface area (Å²) in [7, 11) is 0. The molecule has 1 aliphatic rings. The van der Waals surface area contributed by atoms with Crippen molar-refractivity contribution in [2.24, 2.45) is 0 Å². The summed E-state index contributed by atoms with van der Waals surface area (Å²) in [5.41, 5.74) is 0.990. The average molecular weight is 351 g/mol. The Morgan fingerprint density at radius 3 is 2.69 bits per heavy atom. The van der Waals surface area contributed by atoms with Gasteiger partial charge in [-0.2, -0.15) is 4.68 Å². The molecule has 1 fully saturated rings. The normalized spacial score (nSPS) is 15.5. The van der Waals surface area contributed by atoms with Gasteiger partial charge < -0.3 is 9.47 Å². The molecular weight excluding hydrogens is 326 g/mol. The maximum Gasteiger partial charge on any atom is 0.250 e. The molecule has 0 aliphatic carbocycles. The molecular formula is C19H25N7. The topological polar surface area (TPSA) is 64.7 Å². The molecule has 1 aromatic carbocycles. The Bertz CT molecular complexity index is 815. The summed E-state index contributed by atoms with van der Waals surface area (Å²) < 4.78 is 4.15. The molecule has 0 unspecified atom stereocenters. The number of hydrogen-bond donors (Lipinski definition) is 0. The fourth-order valence-electron chi connectivity index (χ4n) is 3.65. The van der Waals surface area contributed by atoms with Crippen LogP contribution in [-0.4, -0.2) is 42.8 Å². The number of para-hydroxylation sites is 1. The van der Waals surface area contributed by atoms with Crippen LogP contribution < -0.4 is 4.90 Å². The number of benzene rings is 1. The molecule has 0 amide bonds. The standard InChI is InChI=1S/C19H25N7/c1-2-3-12-24-15-11-20-18(24)16-9-13-25(14-10-16)19-21-22-23-26(19)17-7-5-4-6-8-17/h4-8,11,15-16H,2-3,9-10,12-14H2,1H3. The SMILES string of the molecule is CCCCn1ccnc1C1CCN(c2nnnn2-c2ccccc2)CC1. The first-order valence-corrected chi connectivity index (χ1v) is 9.46. The molecule has 0 N–H and O–H groups in total. The Labute approximate surface area is 153 Å². The Balaban J connectivity index is 1.45. The first kappa shape index (κ1) is 16.8. The highest BCUT2D eigenvalue weighted by Gasteiger charge is 2.26. The number of imidazole rings is 1. The molecule has 136 valence electrons. The average Bonchev–Trinajstić information content (AvgIpc) is 3.37. The van der Waals surface area contributed by atoms with Crippen molar-refractivity contribution >= 4 is 5.95 Å². The summed E-state index contributed by atoms with van der Waals surface area (Å²) in [4.78, 5) is 6.93. The molecule has 0 bridgehead atoms. The Morgan fingerprint density at radius 2 is 1.92 bits per heavy atom. The van der Waals surface area contributed by atoms with Crippen LogP contribution in [0.3, 0.4) is 0 Å². The van der Waals surface area contributed by atoms with Crippen molar-refractivity contribution in [1.29, 1.82) is 0 Å². The number of anilines is 1. The fraction of sp³-hybridized carbons (Fsp3) is 0.474. The van der Waals surface area contributed by atoms with Crippen LogP contribution in [0.4, 0.5) is 5.95 Å². The number of aryl methyl sites for hydroxylation is 1. The lowest BCUT2D eigenvalue weighted by molar-refractivity contribution is 0.455. The predicted octanol–water partition coefficient (Wildman–Crippen LogP) is 3.04. The van der Waals surface area contributed by atoms with Crippen LogP contribution in [0, 0.1) is 0 Å². The second kappa shape index (κ2) is 7.68. The van der Waals surface area contributed by atoms with Crippen molar-refractivity contribution in [2.75, 3.05) is 18.0 Å². The van der Waals surface area contributed by atoms with Crippen molar-refractivity contribution in [3.05, 3.63) is 48.5 Å². The molecule has 0 saturated carbocycles. The largest absolute Gasteiger partial charge is 0.339 e. The molecule has 1 saturated heterocycles. The zero-order chi connectivity index (χ0) is 17.8. The van der Waals surface area contributed by atoms with E-state index in [1.54, 1.807) is 0 Å². The Hall–Kier alpha value is -2.70. The van der Waals surface area contributed by atoms with Crippen LogP contribution in [0.1, 0.15) is 44.3 Å².